The van der Waals surface area contributed by atoms with Crippen molar-refractivity contribution in [3.63, 3.8) is 0 Å². The van der Waals surface area contributed by atoms with Crippen molar-refractivity contribution in [3.8, 4) is 0 Å². The van der Waals surface area contributed by atoms with Gasteiger partial charge in [0.2, 0.25) is 0 Å². The van der Waals surface area contributed by atoms with E-state index in [-0.39, 0.29) is 0 Å². The summed E-state index contributed by atoms with van der Waals surface area (Å²) >= 11 is 1.70. The molecule has 1 atom stereocenters. The lowest BCUT2D eigenvalue weighted by atomic mass is 9.90. The molecule has 2 rings (SSSR count). The first-order valence-corrected chi connectivity index (χ1v) is 7.46. The summed E-state index contributed by atoms with van der Waals surface area (Å²) in [7, 11) is 0. The van der Waals surface area contributed by atoms with Gasteiger partial charge < -0.3 is 5.11 Å². The molecule has 0 aliphatic rings. The standard InChI is InChI=1S/C17H22OS/c1-9-7-10(2)13(5)16(12(9)4)17(18)15-8-11(3)14(6)19-15/h7-8,17-18H,1-6H3. The van der Waals surface area contributed by atoms with Gasteiger partial charge in [0.15, 0.2) is 0 Å². The maximum Gasteiger partial charge on any atom is 0.114 e. The third kappa shape index (κ3) is 2.47. The minimum absolute atomic E-state index is 0.504. The molecule has 1 aromatic heterocycles. The van der Waals surface area contributed by atoms with Crippen molar-refractivity contribution < 1.29 is 5.11 Å². The second-order valence-corrected chi connectivity index (χ2v) is 6.75. The second kappa shape index (κ2) is 5.10. The second-order valence-electron chi connectivity index (χ2n) is 5.46. The smallest absolute Gasteiger partial charge is 0.114 e. The molecular formula is C17H22OS. The molecule has 1 unspecified atom stereocenters. The lowest BCUT2D eigenvalue weighted by Crippen LogP contribution is -2.06. The van der Waals surface area contributed by atoms with E-state index in [1.54, 1.807) is 11.3 Å². The molecule has 0 saturated carbocycles. The Morgan fingerprint density at radius 1 is 0.842 bits per heavy atom. The van der Waals surface area contributed by atoms with E-state index < -0.39 is 6.10 Å². The largest absolute Gasteiger partial charge is 0.383 e. The highest BCUT2D eigenvalue weighted by molar-refractivity contribution is 7.12. The van der Waals surface area contributed by atoms with Crippen LogP contribution in [0.2, 0.25) is 0 Å². The zero-order chi connectivity index (χ0) is 14.3. The van der Waals surface area contributed by atoms with E-state index in [1.807, 2.05) is 0 Å². The van der Waals surface area contributed by atoms with Crippen LogP contribution in [-0.2, 0) is 0 Å². The fourth-order valence-corrected chi connectivity index (χ4v) is 3.57. The predicted molar refractivity (Wildman–Crippen MR) is 83.2 cm³/mol. The Labute approximate surface area is 119 Å². The SMILES string of the molecule is Cc1cc(C(O)c2c(C)c(C)cc(C)c2C)sc1C. The van der Waals surface area contributed by atoms with Crippen molar-refractivity contribution in [2.24, 2.45) is 0 Å². The summed E-state index contributed by atoms with van der Waals surface area (Å²) in [5.74, 6) is 0. The van der Waals surface area contributed by atoms with Crippen LogP contribution >= 0.6 is 11.3 Å². The Bertz CT molecular complexity index is 577. The van der Waals surface area contributed by atoms with Crippen molar-refractivity contribution in [1.82, 2.24) is 0 Å². The molecular weight excluding hydrogens is 252 g/mol. The summed E-state index contributed by atoms with van der Waals surface area (Å²) in [5, 5.41) is 10.8. The molecule has 0 fully saturated rings. The molecule has 1 aromatic carbocycles. The van der Waals surface area contributed by atoms with Crippen LogP contribution in [0, 0.1) is 41.5 Å². The van der Waals surface area contributed by atoms with Crippen LogP contribution in [0.5, 0.6) is 0 Å². The maximum absolute atomic E-state index is 10.8. The molecule has 0 bridgehead atoms. The van der Waals surface area contributed by atoms with Crippen LogP contribution in [-0.4, -0.2) is 5.11 Å². The van der Waals surface area contributed by atoms with Gasteiger partial charge in [-0.1, -0.05) is 6.07 Å². The molecule has 1 N–H and O–H groups in total. The number of aliphatic hydroxyl groups is 1. The summed E-state index contributed by atoms with van der Waals surface area (Å²) in [5.41, 5.74) is 7.26. The van der Waals surface area contributed by atoms with Crippen molar-refractivity contribution in [2.75, 3.05) is 0 Å². The minimum Gasteiger partial charge on any atom is -0.383 e. The first-order chi connectivity index (χ1) is 8.82. The van der Waals surface area contributed by atoms with Crippen LogP contribution in [0.15, 0.2) is 12.1 Å². The summed E-state index contributed by atoms with van der Waals surface area (Å²) in [6.07, 6.45) is -0.504. The zero-order valence-corrected chi connectivity index (χ0v) is 13.4. The lowest BCUT2D eigenvalue weighted by molar-refractivity contribution is 0.222. The topological polar surface area (TPSA) is 20.2 Å². The highest BCUT2D eigenvalue weighted by atomic mass is 32.1. The van der Waals surface area contributed by atoms with E-state index in [0.717, 1.165) is 10.4 Å². The normalized spacial score (nSPS) is 12.8. The first kappa shape index (κ1) is 14.3. The molecule has 0 saturated heterocycles. The number of thiophene rings is 1. The minimum atomic E-state index is -0.504. The number of benzene rings is 1. The zero-order valence-electron chi connectivity index (χ0n) is 12.6. The van der Waals surface area contributed by atoms with E-state index in [1.165, 1.54) is 32.7 Å². The monoisotopic (exact) mass is 274 g/mol. The molecule has 0 radical (unpaired) electrons. The fourth-order valence-electron chi connectivity index (χ4n) is 2.54. The van der Waals surface area contributed by atoms with Gasteiger partial charge in [-0.25, -0.2) is 0 Å². The van der Waals surface area contributed by atoms with Crippen molar-refractivity contribution in [3.05, 3.63) is 55.3 Å². The van der Waals surface area contributed by atoms with E-state index in [2.05, 4.69) is 53.7 Å². The van der Waals surface area contributed by atoms with E-state index in [4.69, 9.17) is 0 Å². The van der Waals surface area contributed by atoms with Gasteiger partial charge in [0, 0.05) is 9.75 Å². The van der Waals surface area contributed by atoms with Crippen LogP contribution < -0.4 is 0 Å². The Hall–Kier alpha value is -1.12. The average molecular weight is 274 g/mol. The lowest BCUT2D eigenvalue weighted by Gasteiger charge is -2.19. The van der Waals surface area contributed by atoms with Crippen LogP contribution in [0.1, 0.15) is 49.2 Å². The molecule has 2 heteroatoms. The van der Waals surface area contributed by atoms with E-state index in [9.17, 15) is 5.11 Å². The van der Waals surface area contributed by atoms with Gasteiger partial charge in [0.05, 0.1) is 0 Å². The predicted octanol–water partition coefficient (Wildman–Crippen LogP) is 4.68. The molecule has 0 spiro atoms. The average Bonchev–Trinajstić information content (AvgIpc) is 2.67. The number of aliphatic hydroxyl groups excluding tert-OH is 1. The summed E-state index contributed by atoms with van der Waals surface area (Å²) in [6, 6.07) is 4.31. The van der Waals surface area contributed by atoms with Crippen molar-refractivity contribution in [2.45, 2.75) is 47.6 Å². The Kier molecular flexibility index (Phi) is 3.84. The fraction of sp³-hybridized carbons (Fsp3) is 0.412. The van der Waals surface area contributed by atoms with E-state index >= 15 is 0 Å². The Morgan fingerprint density at radius 3 is 1.79 bits per heavy atom. The van der Waals surface area contributed by atoms with Gasteiger partial charge in [0.1, 0.15) is 6.10 Å². The molecule has 2 aromatic rings. The highest BCUT2D eigenvalue weighted by Gasteiger charge is 2.20. The number of aryl methyl sites for hydroxylation is 4. The van der Waals surface area contributed by atoms with Gasteiger partial charge in [0.25, 0.3) is 0 Å². The molecule has 19 heavy (non-hydrogen) atoms. The number of rotatable bonds is 2. The van der Waals surface area contributed by atoms with Crippen LogP contribution in [0.4, 0.5) is 0 Å². The maximum atomic E-state index is 10.8. The number of hydrogen-bond acceptors (Lipinski definition) is 2. The summed E-state index contributed by atoms with van der Waals surface area (Å²) < 4.78 is 0. The van der Waals surface area contributed by atoms with Crippen molar-refractivity contribution in [1.29, 1.82) is 0 Å². The third-order valence-electron chi connectivity index (χ3n) is 4.15. The highest BCUT2D eigenvalue weighted by Crippen LogP contribution is 2.35. The van der Waals surface area contributed by atoms with Gasteiger partial charge in [-0.05, 0) is 81.0 Å². The summed E-state index contributed by atoms with van der Waals surface area (Å²) in [6.45, 7) is 12.6. The quantitative estimate of drug-likeness (QED) is 0.843. The molecule has 0 aliphatic heterocycles. The summed E-state index contributed by atoms with van der Waals surface area (Å²) in [4.78, 5) is 2.33. The Balaban J connectivity index is 2.58. The van der Waals surface area contributed by atoms with Gasteiger partial charge in [-0.3, -0.25) is 0 Å². The molecule has 1 heterocycles. The van der Waals surface area contributed by atoms with E-state index in [0.29, 0.717) is 0 Å². The van der Waals surface area contributed by atoms with Gasteiger partial charge in [-0.2, -0.15) is 0 Å². The van der Waals surface area contributed by atoms with Crippen molar-refractivity contribution >= 4 is 11.3 Å². The number of hydrogen-bond donors (Lipinski definition) is 1. The van der Waals surface area contributed by atoms with Crippen LogP contribution in [0.25, 0.3) is 0 Å². The Morgan fingerprint density at radius 2 is 1.37 bits per heavy atom. The van der Waals surface area contributed by atoms with Gasteiger partial charge >= 0.3 is 0 Å². The molecule has 102 valence electrons. The first-order valence-electron chi connectivity index (χ1n) is 6.65. The van der Waals surface area contributed by atoms with Crippen LogP contribution in [0.3, 0.4) is 0 Å². The van der Waals surface area contributed by atoms with Gasteiger partial charge in [-0.15, -0.1) is 11.3 Å². The molecule has 0 amide bonds. The molecule has 1 nitrogen and oxygen atoms in total. The molecule has 0 aliphatic carbocycles. The third-order valence-corrected chi connectivity index (χ3v) is 5.36.